The first-order valence-corrected chi connectivity index (χ1v) is 7.51. The summed E-state index contributed by atoms with van der Waals surface area (Å²) < 4.78 is 7.40. The average Bonchev–Trinajstić information content (AvgIpc) is 2.89. The van der Waals surface area contributed by atoms with Gasteiger partial charge in [0.25, 0.3) is 5.91 Å². The minimum absolute atomic E-state index is 0.0284. The number of nitrogens with zero attached hydrogens (tertiary/aromatic N) is 2. The summed E-state index contributed by atoms with van der Waals surface area (Å²) in [7, 11) is 1.95. The van der Waals surface area contributed by atoms with Gasteiger partial charge in [-0.05, 0) is 43.4 Å². The molecule has 0 saturated carbocycles. The van der Waals surface area contributed by atoms with Crippen molar-refractivity contribution in [1.29, 1.82) is 0 Å². The van der Waals surface area contributed by atoms with Crippen LogP contribution in [0, 0.1) is 5.92 Å². The van der Waals surface area contributed by atoms with E-state index in [0.717, 1.165) is 37.1 Å². The van der Waals surface area contributed by atoms with Gasteiger partial charge in [-0.1, -0.05) is 0 Å². The zero-order valence-electron chi connectivity index (χ0n) is 12.3. The summed E-state index contributed by atoms with van der Waals surface area (Å²) in [5.74, 6) is 0.552. The number of ether oxygens (including phenoxy) is 1. The lowest BCUT2D eigenvalue weighted by Gasteiger charge is -2.21. The summed E-state index contributed by atoms with van der Waals surface area (Å²) >= 11 is 0. The van der Waals surface area contributed by atoms with E-state index in [1.54, 1.807) is 6.33 Å². The quantitative estimate of drug-likeness (QED) is 0.937. The van der Waals surface area contributed by atoms with Gasteiger partial charge in [0.1, 0.15) is 0 Å². The highest BCUT2D eigenvalue weighted by Crippen LogP contribution is 2.17. The van der Waals surface area contributed by atoms with E-state index in [1.807, 2.05) is 29.8 Å². The van der Waals surface area contributed by atoms with Crippen molar-refractivity contribution in [3.63, 3.8) is 0 Å². The number of carbonyl (C=O) groups excluding carboxylic acids is 1. The van der Waals surface area contributed by atoms with Gasteiger partial charge in [0, 0.05) is 32.4 Å². The Morgan fingerprint density at radius 2 is 2.43 bits per heavy atom. The van der Waals surface area contributed by atoms with Crippen LogP contribution < -0.4 is 5.32 Å². The van der Waals surface area contributed by atoms with Crippen LogP contribution in [0.5, 0.6) is 0 Å². The number of imidazole rings is 1. The number of amides is 1. The van der Waals surface area contributed by atoms with Crippen molar-refractivity contribution < 1.29 is 9.53 Å². The first-order chi connectivity index (χ1) is 10.2. The number of fused-ring (bicyclic) bond motifs is 1. The topological polar surface area (TPSA) is 56.2 Å². The second kappa shape index (κ2) is 6.26. The molecule has 1 N–H and O–H groups in total. The molecule has 1 aromatic carbocycles. The van der Waals surface area contributed by atoms with Crippen molar-refractivity contribution in [3.8, 4) is 0 Å². The third-order valence-electron chi connectivity index (χ3n) is 4.08. The zero-order chi connectivity index (χ0) is 14.7. The Labute approximate surface area is 124 Å². The Hall–Kier alpha value is -1.88. The highest BCUT2D eigenvalue weighted by atomic mass is 16.5. The number of aryl methyl sites for hydroxylation is 1. The normalized spacial score (nSPS) is 18.8. The molecule has 21 heavy (non-hydrogen) atoms. The predicted octanol–water partition coefficient (Wildman–Crippen LogP) is 2.12. The summed E-state index contributed by atoms with van der Waals surface area (Å²) in [6.07, 6.45) is 5.08. The maximum atomic E-state index is 12.2. The van der Waals surface area contributed by atoms with Gasteiger partial charge in [0.05, 0.1) is 17.4 Å². The lowest BCUT2D eigenvalue weighted by atomic mass is 9.99. The summed E-state index contributed by atoms with van der Waals surface area (Å²) in [4.78, 5) is 16.4. The first kappa shape index (κ1) is 14.1. The molecule has 1 atom stereocenters. The Morgan fingerprint density at radius 3 is 3.24 bits per heavy atom. The van der Waals surface area contributed by atoms with E-state index in [-0.39, 0.29) is 5.91 Å². The fourth-order valence-electron chi connectivity index (χ4n) is 2.80. The minimum Gasteiger partial charge on any atom is -0.381 e. The largest absolute Gasteiger partial charge is 0.381 e. The summed E-state index contributed by atoms with van der Waals surface area (Å²) in [6, 6.07) is 5.63. The van der Waals surface area contributed by atoms with E-state index >= 15 is 0 Å². The molecule has 3 rings (SSSR count). The Morgan fingerprint density at radius 1 is 1.52 bits per heavy atom. The van der Waals surface area contributed by atoms with E-state index in [2.05, 4.69) is 10.3 Å². The molecule has 5 nitrogen and oxygen atoms in total. The molecule has 0 unspecified atom stereocenters. The smallest absolute Gasteiger partial charge is 0.251 e. The van der Waals surface area contributed by atoms with Crippen LogP contribution in [0.15, 0.2) is 24.5 Å². The molecule has 0 bridgehead atoms. The van der Waals surface area contributed by atoms with Gasteiger partial charge in [-0.25, -0.2) is 4.98 Å². The molecule has 5 heteroatoms. The van der Waals surface area contributed by atoms with Crippen LogP contribution >= 0.6 is 0 Å². The van der Waals surface area contributed by atoms with Crippen molar-refractivity contribution in [2.75, 3.05) is 19.8 Å². The van der Waals surface area contributed by atoms with Crippen molar-refractivity contribution in [1.82, 2.24) is 14.9 Å². The standard InChI is InChI=1S/C16H21N3O2/c1-19-11-18-14-9-13(4-5-15(14)19)16(20)17-7-6-12-3-2-8-21-10-12/h4-5,9,11-12H,2-3,6-8,10H2,1H3,(H,17,20)/t12-/m1/s1. The molecule has 0 aliphatic carbocycles. The van der Waals surface area contributed by atoms with Crippen LogP contribution in [0.2, 0.25) is 0 Å². The van der Waals surface area contributed by atoms with Gasteiger partial charge in [0.15, 0.2) is 0 Å². The lowest BCUT2D eigenvalue weighted by Crippen LogP contribution is -2.28. The van der Waals surface area contributed by atoms with Crippen molar-refractivity contribution >= 4 is 16.9 Å². The maximum Gasteiger partial charge on any atom is 0.251 e. The molecule has 1 amide bonds. The molecule has 0 spiro atoms. The Balaban J connectivity index is 1.56. The number of nitrogens with one attached hydrogen (secondary N) is 1. The fourth-order valence-corrected chi connectivity index (χ4v) is 2.80. The van der Waals surface area contributed by atoms with Gasteiger partial charge >= 0.3 is 0 Å². The first-order valence-electron chi connectivity index (χ1n) is 7.51. The van der Waals surface area contributed by atoms with E-state index in [1.165, 1.54) is 6.42 Å². The third kappa shape index (κ3) is 3.24. The van der Waals surface area contributed by atoms with Crippen LogP contribution in [-0.2, 0) is 11.8 Å². The van der Waals surface area contributed by atoms with Crippen LogP contribution in [0.3, 0.4) is 0 Å². The van der Waals surface area contributed by atoms with E-state index in [0.29, 0.717) is 18.0 Å². The molecule has 1 aliphatic heterocycles. The van der Waals surface area contributed by atoms with Crippen LogP contribution in [0.25, 0.3) is 11.0 Å². The minimum atomic E-state index is -0.0284. The molecule has 1 fully saturated rings. The number of hydrogen-bond donors (Lipinski definition) is 1. The predicted molar refractivity (Wildman–Crippen MR) is 81.2 cm³/mol. The SMILES string of the molecule is Cn1cnc2cc(C(=O)NCC[C@H]3CCCOC3)ccc21. The Bertz CT molecular complexity index is 629. The highest BCUT2D eigenvalue weighted by molar-refractivity contribution is 5.97. The van der Waals surface area contributed by atoms with Crippen molar-refractivity contribution in [2.45, 2.75) is 19.3 Å². The van der Waals surface area contributed by atoms with Crippen LogP contribution in [0.1, 0.15) is 29.6 Å². The Kier molecular flexibility index (Phi) is 4.20. The van der Waals surface area contributed by atoms with E-state index in [9.17, 15) is 4.79 Å². The van der Waals surface area contributed by atoms with Gasteiger partial charge in [-0.2, -0.15) is 0 Å². The number of benzene rings is 1. The van der Waals surface area contributed by atoms with Gasteiger partial charge in [0.2, 0.25) is 0 Å². The molecule has 0 radical (unpaired) electrons. The monoisotopic (exact) mass is 287 g/mol. The molecule has 112 valence electrons. The number of hydrogen-bond acceptors (Lipinski definition) is 3. The van der Waals surface area contributed by atoms with E-state index < -0.39 is 0 Å². The zero-order valence-corrected chi connectivity index (χ0v) is 12.3. The highest BCUT2D eigenvalue weighted by Gasteiger charge is 2.14. The maximum absolute atomic E-state index is 12.2. The molecule has 1 saturated heterocycles. The molecule has 1 aromatic heterocycles. The number of rotatable bonds is 4. The van der Waals surface area contributed by atoms with Gasteiger partial charge in [-0.15, -0.1) is 0 Å². The second-order valence-corrected chi connectivity index (χ2v) is 5.69. The number of aromatic nitrogens is 2. The summed E-state index contributed by atoms with van der Waals surface area (Å²) in [5, 5.41) is 2.99. The summed E-state index contributed by atoms with van der Waals surface area (Å²) in [6.45, 7) is 2.41. The molecule has 2 aromatic rings. The lowest BCUT2D eigenvalue weighted by molar-refractivity contribution is 0.0514. The van der Waals surface area contributed by atoms with Crippen molar-refractivity contribution in [3.05, 3.63) is 30.1 Å². The third-order valence-corrected chi connectivity index (χ3v) is 4.08. The second-order valence-electron chi connectivity index (χ2n) is 5.69. The van der Waals surface area contributed by atoms with E-state index in [4.69, 9.17) is 4.74 Å². The number of carbonyl (C=O) groups is 1. The molecule has 2 heterocycles. The van der Waals surface area contributed by atoms with Crippen molar-refractivity contribution in [2.24, 2.45) is 13.0 Å². The van der Waals surface area contributed by atoms with Crippen LogP contribution in [0.4, 0.5) is 0 Å². The molecular weight excluding hydrogens is 266 g/mol. The molecule has 1 aliphatic rings. The fraction of sp³-hybridized carbons (Fsp3) is 0.500. The van der Waals surface area contributed by atoms with Gasteiger partial charge in [-0.3, -0.25) is 4.79 Å². The van der Waals surface area contributed by atoms with Gasteiger partial charge < -0.3 is 14.6 Å². The average molecular weight is 287 g/mol. The molecular formula is C16H21N3O2. The van der Waals surface area contributed by atoms with Crippen LogP contribution in [-0.4, -0.2) is 35.2 Å². The summed E-state index contributed by atoms with van der Waals surface area (Å²) in [5.41, 5.74) is 2.55.